The predicted octanol–water partition coefficient (Wildman–Crippen LogP) is -0.565. The van der Waals surface area contributed by atoms with E-state index in [4.69, 9.17) is 5.73 Å². The van der Waals surface area contributed by atoms with Crippen LogP contribution in [0.1, 0.15) is 20.8 Å². The summed E-state index contributed by atoms with van der Waals surface area (Å²) in [6.07, 6.45) is 0. The largest absolute Gasteiger partial charge is 0.370 e. The van der Waals surface area contributed by atoms with Gasteiger partial charge in [0.05, 0.1) is 6.54 Å². The molecular weight excluding hydrogens is 168 g/mol. The van der Waals surface area contributed by atoms with Crippen molar-refractivity contribution in [2.45, 2.75) is 26.8 Å². The molecule has 0 fully saturated rings. The van der Waals surface area contributed by atoms with Gasteiger partial charge in [-0.3, -0.25) is 9.79 Å². The Bertz CT molecular complexity index is 189. The van der Waals surface area contributed by atoms with Gasteiger partial charge in [0.15, 0.2) is 5.96 Å². The minimum Gasteiger partial charge on any atom is -0.370 e. The zero-order chi connectivity index (χ0) is 10.3. The molecule has 0 aromatic heterocycles. The molecule has 0 aliphatic carbocycles. The Kier molecular flexibility index (Phi) is 5.67. The number of nitrogens with one attached hydrogen (secondary N) is 2. The third-order valence-electron chi connectivity index (χ3n) is 1.20. The Balaban J connectivity index is 3.53. The van der Waals surface area contributed by atoms with Gasteiger partial charge in [-0.15, -0.1) is 0 Å². The van der Waals surface area contributed by atoms with Crippen LogP contribution in [-0.4, -0.2) is 31.0 Å². The molecule has 5 heteroatoms. The van der Waals surface area contributed by atoms with Crippen LogP contribution in [0.15, 0.2) is 4.99 Å². The van der Waals surface area contributed by atoms with E-state index in [1.165, 1.54) is 6.92 Å². The van der Waals surface area contributed by atoms with Gasteiger partial charge in [-0.2, -0.15) is 0 Å². The molecule has 0 radical (unpaired) electrons. The molecule has 0 atom stereocenters. The topological polar surface area (TPSA) is 79.5 Å². The van der Waals surface area contributed by atoms with Crippen molar-refractivity contribution in [2.75, 3.05) is 13.1 Å². The normalized spacial score (nSPS) is 11.5. The van der Waals surface area contributed by atoms with Crippen LogP contribution in [-0.2, 0) is 4.79 Å². The highest BCUT2D eigenvalue weighted by Crippen LogP contribution is 1.75. The van der Waals surface area contributed by atoms with Crippen molar-refractivity contribution in [3.8, 4) is 0 Å². The molecule has 1 amide bonds. The summed E-state index contributed by atoms with van der Waals surface area (Å²) in [6, 6.07) is 0.282. The zero-order valence-electron chi connectivity index (χ0n) is 8.42. The van der Waals surface area contributed by atoms with Gasteiger partial charge in [-0.05, 0) is 13.8 Å². The van der Waals surface area contributed by atoms with Gasteiger partial charge in [-0.1, -0.05) is 0 Å². The fourth-order valence-electron chi connectivity index (χ4n) is 0.750. The van der Waals surface area contributed by atoms with Gasteiger partial charge in [-0.25, -0.2) is 0 Å². The van der Waals surface area contributed by atoms with Crippen LogP contribution in [0.4, 0.5) is 0 Å². The van der Waals surface area contributed by atoms with Crippen molar-refractivity contribution < 1.29 is 4.79 Å². The van der Waals surface area contributed by atoms with E-state index in [9.17, 15) is 4.79 Å². The Morgan fingerprint density at radius 2 is 2.15 bits per heavy atom. The maximum Gasteiger partial charge on any atom is 0.216 e. The first-order valence-corrected chi connectivity index (χ1v) is 4.33. The van der Waals surface area contributed by atoms with Gasteiger partial charge in [0.25, 0.3) is 0 Å². The fraction of sp³-hybridized carbons (Fsp3) is 0.750. The number of hydrogen-bond acceptors (Lipinski definition) is 2. The van der Waals surface area contributed by atoms with Crippen molar-refractivity contribution in [1.82, 2.24) is 10.6 Å². The molecule has 0 unspecified atom stereocenters. The number of guanidine groups is 1. The molecule has 0 rings (SSSR count). The van der Waals surface area contributed by atoms with E-state index in [-0.39, 0.29) is 11.9 Å². The molecule has 0 aliphatic heterocycles. The Morgan fingerprint density at radius 3 is 2.62 bits per heavy atom. The van der Waals surface area contributed by atoms with Gasteiger partial charge in [0.1, 0.15) is 0 Å². The summed E-state index contributed by atoms with van der Waals surface area (Å²) in [5, 5.41) is 5.57. The highest BCUT2D eigenvalue weighted by molar-refractivity contribution is 5.78. The van der Waals surface area contributed by atoms with Gasteiger partial charge in [0, 0.05) is 19.5 Å². The van der Waals surface area contributed by atoms with Crippen molar-refractivity contribution in [1.29, 1.82) is 0 Å². The van der Waals surface area contributed by atoms with Crippen molar-refractivity contribution in [2.24, 2.45) is 10.7 Å². The molecule has 76 valence electrons. The summed E-state index contributed by atoms with van der Waals surface area (Å²) in [5.41, 5.74) is 5.52. The minimum atomic E-state index is -0.0504. The predicted molar refractivity (Wildman–Crippen MR) is 53.4 cm³/mol. The number of hydrogen-bond donors (Lipinski definition) is 3. The van der Waals surface area contributed by atoms with Crippen LogP contribution in [0.5, 0.6) is 0 Å². The number of carbonyl (C=O) groups is 1. The third-order valence-corrected chi connectivity index (χ3v) is 1.20. The molecule has 0 aromatic carbocycles. The SMILES string of the molecule is CC(=O)NCCN=C(N)NC(C)C. The molecule has 0 heterocycles. The molecule has 13 heavy (non-hydrogen) atoms. The lowest BCUT2D eigenvalue weighted by molar-refractivity contribution is -0.118. The lowest BCUT2D eigenvalue weighted by Crippen LogP contribution is -2.37. The number of aliphatic imine (C=N–C) groups is 1. The standard InChI is InChI=1S/C8H18N4O/c1-6(2)12-8(9)11-5-4-10-7(3)13/h6H,4-5H2,1-3H3,(H,10,13)(H3,9,11,12). The average molecular weight is 186 g/mol. The second kappa shape index (κ2) is 6.28. The molecule has 0 spiro atoms. The Morgan fingerprint density at radius 1 is 1.54 bits per heavy atom. The second-order valence-electron chi connectivity index (χ2n) is 3.05. The highest BCUT2D eigenvalue weighted by atomic mass is 16.1. The molecule has 0 aromatic rings. The van der Waals surface area contributed by atoms with Crippen LogP contribution in [0.2, 0.25) is 0 Å². The number of rotatable bonds is 4. The van der Waals surface area contributed by atoms with Gasteiger partial charge in [0.2, 0.25) is 5.91 Å². The van der Waals surface area contributed by atoms with Crippen LogP contribution >= 0.6 is 0 Å². The van der Waals surface area contributed by atoms with Crippen molar-refractivity contribution in [3.05, 3.63) is 0 Å². The summed E-state index contributed by atoms with van der Waals surface area (Å²) in [7, 11) is 0. The van der Waals surface area contributed by atoms with Crippen LogP contribution < -0.4 is 16.4 Å². The first kappa shape index (κ1) is 11.7. The summed E-state index contributed by atoms with van der Waals surface area (Å²) in [6.45, 7) is 6.47. The van der Waals surface area contributed by atoms with E-state index in [1.807, 2.05) is 13.8 Å². The molecule has 0 saturated heterocycles. The van der Waals surface area contributed by atoms with E-state index in [2.05, 4.69) is 15.6 Å². The number of nitrogens with two attached hydrogens (primary N) is 1. The fourth-order valence-corrected chi connectivity index (χ4v) is 0.750. The monoisotopic (exact) mass is 186 g/mol. The quantitative estimate of drug-likeness (QED) is 0.313. The van der Waals surface area contributed by atoms with Crippen LogP contribution in [0.3, 0.4) is 0 Å². The lowest BCUT2D eigenvalue weighted by Gasteiger charge is -2.08. The molecule has 0 saturated carbocycles. The summed E-state index contributed by atoms with van der Waals surface area (Å²) in [4.78, 5) is 14.5. The minimum absolute atomic E-state index is 0.0504. The lowest BCUT2D eigenvalue weighted by atomic mass is 10.4. The maximum atomic E-state index is 10.5. The average Bonchev–Trinajstić information content (AvgIpc) is 1.96. The van der Waals surface area contributed by atoms with Crippen molar-refractivity contribution >= 4 is 11.9 Å². The van der Waals surface area contributed by atoms with Crippen molar-refractivity contribution in [3.63, 3.8) is 0 Å². The summed E-state index contributed by atoms with van der Waals surface area (Å²) >= 11 is 0. The van der Waals surface area contributed by atoms with Gasteiger partial charge >= 0.3 is 0 Å². The van der Waals surface area contributed by atoms with Gasteiger partial charge < -0.3 is 16.4 Å². The molecule has 0 aliphatic rings. The molecule has 0 bridgehead atoms. The molecular formula is C8H18N4O. The smallest absolute Gasteiger partial charge is 0.216 e. The number of nitrogens with zero attached hydrogens (tertiary/aromatic N) is 1. The van der Waals surface area contributed by atoms with E-state index in [0.717, 1.165) is 0 Å². The third kappa shape index (κ3) is 8.65. The molecule has 5 nitrogen and oxygen atoms in total. The Labute approximate surface area is 78.8 Å². The first-order valence-electron chi connectivity index (χ1n) is 4.33. The van der Waals surface area contributed by atoms with Crippen LogP contribution in [0.25, 0.3) is 0 Å². The highest BCUT2D eigenvalue weighted by Gasteiger charge is 1.94. The van der Waals surface area contributed by atoms with E-state index >= 15 is 0 Å². The second-order valence-corrected chi connectivity index (χ2v) is 3.05. The van der Waals surface area contributed by atoms with E-state index in [1.54, 1.807) is 0 Å². The Hall–Kier alpha value is -1.26. The summed E-state index contributed by atoms with van der Waals surface area (Å²) < 4.78 is 0. The first-order chi connectivity index (χ1) is 6.02. The van der Waals surface area contributed by atoms with Crippen LogP contribution in [0, 0.1) is 0 Å². The summed E-state index contributed by atoms with van der Waals surface area (Å²) in [5.74, 6) is 0.367. The number of amides is 1. The number of carbonyl (C=O) groups excluding carboxylic acids is 1. The maximum absolute atomic E-state index is 10.5. The zero-order valence-corrected chi connectivity index (χ0v) is 8.42. The van der Waals surface area contributed by atoms with E-state index in [0.29, 0.717) is 19.0 Å². The van der Waals surface area contributed by atoms with E-state index < -0.39 is 0 Å². The molecule has 4 N–H and O–H groups in total.